The summed E-state index contributed by atoms with van der Waals surface area (Å²) in [5.74, 6) is -0.364. The number of H-pyrrole nitrogens is 1. The number of amides is 1. The fourth-order valence-electron chi connectivity index (χ4n) is 2.13. The minimum Gasteiger partial charge on any atom is -0.324 e. The summed E-state index contributed by atoms with van der Waals surface area (Å²) in [4.78, 5) is 18.7. The van der Waals surface area contributed by atoms with E-state index >= 15 is 0 Å². The van der Waals surface area contributed by atoms with Gasteiger partial charge in [0.25, 0.3) is 0 Å². The van der Waals surface area contributed by atoms with E-state index in [-0.39, 0.29) is 23.9 Å². The number of imidazole rings is 1. The van der Waals surface area contributed by atoms with Gasteiger partial charge < -0.3 is 10.7 Å². The molecule has 0 aliphatic carbocycles. The van der Waals surface area contributed by atoms with E-state index in [9.17, 15) is 18.0 Å². The van der Waals surface area contributed by atoms with Crippen LogP contribution in [0.3, 0.4) is 0 Å². The normalized spacial score (nSPS) is 14.2. The Bertz CT molecular complexity index is 697. The van der Waals surface area contributed by atoms with Gasteiger partial charge in [-0.05, 0) is 31.5 Å². The molecule has 0 saturated carbocycles. The maximum absolute atomic E-state index is 12.7. The van der Waals surface area contributed by atoms with Crippen LogP contribution in [0.25, 0.3) is 11.0 Å². The molecule has 0 spiro atoms. The van der Waals surface area contributed by atoms with Crippen molar-refractivity contribution in [1.29, 1.82) is 0 Å². The molecule has 4 N–H and O–H groups in total. The van der Waals surface area contributed by atoms with Crippen LogP contribution in [-0.4, -0.2) is 21.4 Å². The minimum atomic E-state index is -4.43. The number of carbonyl (C=O) groups excluding carboxylic acids is 1. The number of aromatic amines is 1. The molecule has 1 amide bonds. The summed E-state index contributed by atoms with van der Waals surface area (Å²) in [6.45, 7) is 3.49. The number of nitrogens with two attached hydrogens (primary N) is 1. The molecule has 5 nitrogen and oxygen atoms in total. The van der Waals surface area contributed by atoms with Crippen LogP contribution in [0.1, 0.15) is 32.3 Å². The summed E-state index contributed by atoms with van der Waals surface area (Å²) in [6, 6.07) is 3.14. The number of halogens is 4. The first-order valence-electron chi connectivity index (χ1n) is 6.81. The number of alkyl halides is 3. The van der Waals surface area contributed by atoms with Gasteiger partial charge in [0, 0.05) is 0 Å². The van der Waals surface area contributed by atoms with Crippen molar-refractivity contribution in [3.8, 4) is 0 Å². The van der Waals surface area contributed by atoms with Crippen molar-refractivity contribution in [2.45, 2.75) is 38.4 Å². The van der Waals surface area contributed by atoms with E-state index in [2.05, 4.69) is 15.3 Å². The van der Waals surface area contributed by atoms with Gasteiger partial charge in [-0.25, -0.2) is 4.98 Å². The van der Waals surface area contributed by atoms with Crippen molar-refractivity contribution in [1.82, 2.24) is 9.97 Å². The van der Waals surface area contributed by atoms with Crippen LogP contribution in [0.2, 0.25) is 0 Å². The summed E-state index contributed by atoms with van der Waals surface area (Å²) in [5, 5.41) is 2.50. The number of nitrogens with one attached hydrogen (secondary N) is 2. The Morgan fingerprint density at radius 1 is 1.39 bits per heavy atom. The lowest BCUT2D eigenvalue weighted by Gasteiger charge is -2.21. The Kier molecular flexibility index (Phi) is 5.65. The Labute approximate surface area is 137 Å². The van der Waals surface area contributed by atoms with Crippen molar-refractivity contribution in [3.63, 3.8) is 0 Å². The highest BCUT2D eigenvalue weighted by molar-refractivity contribution is 5.97. The summed E-state index contributed by atoms with van der Waals surface area (Å²) >= 11 is 0. The molecule has 1 atom stereocenters. The van der Waals surface area contributed by atoms with E-state index in [0.29, 0.717) is 11.9 Å². The number of fused-ring (bicyclic) bond motifs is 1. The van der Waals surface area contributed by atoms with Crippen LogP contribution in [0.5, 0.6) is 0 Å². The van der Waals surface area contributed by atoms with Crippen molar-refractivity contribution >= 4 is 35.3 Å². The third-order valence-electron chi connectivity index (χ3n) is 3.33. The minimum absolute atomic E-state index is 0. The second kappa shape index (κ2) is 6.76. The van der Waals surface area contributed by atoms with Crippen LogP contribution in [0.15, 0.2) is 18.2 Å². The largest absolute Gasteiger partial charge is 0.416 e. The molecule has 0 fully saturated rings. The Balaban J connectivity index is 0.00000264. The number of anilines is 1. The van der Waals surface area contributed by atoms with Crippen LogP contribution < -0.4 is 11.1 Å². The van der Waals surface area contributed by atoms with Gasteiger partial charge in [-0.2, -0.15) is 13.2 Å². The van der Waals surface area contributed by atoms with Crippen molar-refractivity contribution < 1.29 is 18.0 Å². The van der Waals surface area contributed by atoms with E-state index in [1.54, 1.807) is 6.92 Å². The van der Waals surface area contributed by atoms with Gasteiger partial charge in [0.05, 0.1) is 22.1 Å². The van der Waals surface area contributed by atoms with Gasteiger partial charge in [0.2, 0.25) is 11.9 Å². The summed E-state index contributed by atoms with van der Waals surface area (Å²) in [7, 11) is 0. The fourth-order valence-corrected chi connectivity index (χ4v) is 2.13. The highest BCUT2D eigenvalue weighted by atomic mass is 35.5. The monoisotopic (exact) mass is 350 g/mol. The highest BCUT2D eigenvalue weighted by Crippen LogP contribution is 2.31. The first-order chi connectivity index (χ1) is 10.1. The lowest BCUT2D eigenvalue weighted by molar-refractivity contribution is -0.137. The molecule has 9 heteroatoms. The molecule has 128 valence electrons. The molecule has 1 heterocycles. The summed E-state index contributed by atoms with van der Waals surface area (Å²) in [6.07, 6.45) is -3.22. The topological polar surface area (TPSA) is 83.8 Å². The molecule has 0 aliphatic heterocycles. The zero-order valence-electron chi connectivity index (χ0n) is 12.6. The third kappa shape index (κ3) is 4.35. The molecule has 2 aromatic rings. The van der Waals surface area contributed by atoms with Crippen LogP contribution >= 0.6 is 12.4 Å². The zero-order chi connectivity index (χ0) is 16.5. The number of aromatic nitrogens is 2. The predicted molar refractivity (Wildman–Crippen MR) is 84.5 cm³/mol. The number of nitrogens with zero attached hydrogens (tertiary/aromatic N) is 1. The van der Waals surface area contributed by atoms with Gasteiger partial charge in [-0.3, -0.25) is 10.1 Å². The van der Waals surface area contributed by atoms with E-state index in [4.69, 9.17) is 5.73 Å². The number of hydrogen-bond acceptors (Lipinski definition) is 3. The molecule has 0 saturated heterocycles. The number of rotatable bonds is 4. The molecule has 0 aliphatic rings. The van der Waals surface area contributed by atoms with Crippen LogP contribution in [0.4, 0.5) is 19.1 Å². The molecule has 1 aromatic carbocycles. The van der Waals surface area contributed by atoms with Gasteiger partial charge in [0.1, 0.15) is 0 Å². The average molecular weight is 351 g/mol. The summed E-state index contributed by atoms with van der Waals surface area (Å²) < 4.78 is 38.0. The molecular formula is C14H18ClF3N4O. The van der Waals surface area contributed by atoms with Gasteiger partial charge in [-0.15, -0.1) is 12.4 Å². The first kappa shape index (κ1) is 19.2. The first-order valence-corrected chi connectivity index (χ1v) is 6.81. The fraction of sp³-hybridized carbons (Fsp3) is 0.429. The van der Waals surface area contributed by atoms with Crippen molar-refractivity contribution in [2.24, 2.45) is 5.73 Å². The summed E-state index contributed by atoms with van der Waals surface area (Å²) in [5.41, 5.74) is 4.57. The van der Waals surface area contributed by atoms with Gasteiger partial charge in [-0.1, -0.05) is 13.3 Å². The van der Waals surface area contributed by atoms with Crippen molar-refractivity contribution in [3.05, 3.63) is 23.8 Å². The predicted octanol–water partition coefficient (Wildman–Crippen LogP) is 3.46. The Hall–Kier alpha value is -1.80. The highest BCUT2D eigenvalue weighted by Gasteiger charge is 2.31. The van der Waals surface area contributed by atoms with Crippen LogP contribution in [0, 0.1) is 0 Å². The van der Waals surface area contributed by atoms with Crippen LogP contribution in [-0.2, 0) is 11.0 Å². The number of hydrogen-bond donors (Lipinski definition) is 3. The molecule has 23 heavy (non-hydrogen) atoms. The number of carbonyl (C=O) groups is 1. The van der Waals surface area contributed by atoms with E-state index in [0.717, 1.165) is 18.6 Å². The van der Waals surface area contributed by atoms with E-state index in [1.807, 2.05) is 6.92 Å². The smallest absolute Gasteiger partial charge is 0.324 e. The van der Waals surface area contributed by atoms with Gasteiger partial charge >= 0.3 is 6.18 Å². The Morgan fingerprint density at radius 2 is 2.04 bits per heavy atom. The second-order valence-electron chi connectivity index (χ2n) is 5.44. The standard InChI is InChI=1S/C14H17F3N4O.ClH/c1-3-6-13(2,18)11(22)21-12-19-9-5-4-8(14(15,16)17)7-10(9)20-12;/h4-5,7H,3,6,18H2,1-2H3,(H2,19,20,21,22);1H. The van der Waals surface area contributed by atoms with Crippen molar-refractivity contribution in [2.75, 3.05) is 5.32 Å². The molecule has 1 aromatic heterocycles. The maximum atomic E-state index is 12.7. The van der Waals surface area contributed by atoms with E-state index in [1.165, 1.54) is 6.07 Å². The quantitative estimate of drug-likeness (QED) is 0.789. The molecule has 0 radical (unpaired) electrons. The van der Waals surface area contributed by atoms with Gasteiger partial charge in [0.15, 0.2) is 0 Å². The zero-order valence-corrected chi connectivity index (χ0v) is 13.4. The Morgan fingerprint density at radius 3 is 2.61 bits per heavy atom. The molecular weight excluding hydrogens is 333 g/mol. The molecule has 2 rings (SSSR count). The average Bonchev–Trinajstić information content (AvgIpc) is 2.78. The molecule has 1 unspecified atom stereocenters. The SMILES string of the molecule is CCCC(C)(N)C(=O)Nc1nc2ccc(C(F)(F)F)cc2[nH]1.Cl. The third-order valence-corrected chi connectivity index (χ3v) is 3.33. The van der Waals surface area contributed by atoms with E-state index < -0.39 is 23.2 Å². The number of benzene rings is 1. The lowest BCUT2D eigenvalue weighted by Crippen LogP contribution is -2.48. The second-order valence-corrected chi connectivity index (χ2v) is 5.44. The molecule has 0 bridgehead atoms. The lowest BCUT2D eigenvalue weighted by atomic mass is 9.97. The maximum Gasteiger partial charge on any atom is 0.416 e.